The molecular weight excluding hydrogens is 140 g/mol. The maximum Gasteiger partial charge on any atom is 0.115 e. The van der Waals surface area contributed by atoms with Crippen molar-refractivity contribution >= 4 is 26.7 Å². The van der Waals surface area contributed by atoms with Gasteiger partial charge in [0.15, 0.2) is 0 Å². The summed E-state index contributed by atoms with van der Waals surface area (Å²) in [7, 11) is 5.40. The Morgan fingerprint density at radius 1 is 1.40 bits per heavy atom. The normalized spacial score (nSPS) is 10.3. The van der Waals surface area contributed by atoms with Crippen molar-refractivity contribution in [2.24, 2.45) is 0 Å². The lowest BCUT2D eigenvalue weighted by atomic mass is 9.99. The molecule has 50 valence electrons. The van der Waals surface area contributed by atoms with Gasteiger partial charge in [-0.05, 0) is 19.4 Å². The van der Waals surface area contributed by atoms with Gasteiger partial charge in [0.1, 0.15) is 7.85 Å². The van der Waals surface area contributed by atoms with Gasteiger partial charge in [0, 0.05) is 6.20 Å². The second kappa shape index (κ2) is 3.16. The smallest absolute Gasteiger partial charge is 0.115 e. The summed E-state index contributed by atoms with van der Waals surface area (Å²) < 4.78 is 0. The van der Waals surface area contributed by atoms with Gasteiger partial charge in [-0.3, -0.25) is 4.98 Å². The predicted molar refractivity (Wildman–Crippen MR) is 48.0 cm³/mol. The highest BCUT2D eigenvalue weighted by Gasteiger charge is 1.96. The molecule has 0 saturated carbocycles. The molecule has 0 amide bonds. The van der Waals surface area contributed by atoms with E-state index in [0.29, 0.717) is 0 Å². The fourth-order valence-electron chi connectivity index (χ4n) is 0.662. The van der Waals surface area contributed by atoms with E-state index in [-0.39, 0.29) is 7.92 Å². The van der Waals surface area contributed by atoms with Crippen LogP contribution in [0.25, 0.3) is 0 Å². The Morgan fingerprint density at radius 2 is 2.10 bits per heavy atom. The maximum absolute atomic E-state index is 5.47. The first-order valence-electron chi connectivity index (χ1n) is 3.09. The Morgan fingerprint density at radius 3 is 2.50 bits per heavy atom. The largest absolute Gasteiger partial charge is 0.257 e. The van der Waals surface area contributed by atoms with E-state index in [1.807, 2.05) is 12.1 Å². The molecule has 1 heterocycles. The second-order valence-corrected chi connectivity index (χ2v) is 4.59. The van der Waals surface area contributed by atoms with Crippen LogP contribution >= 0.6 is 7.92 Å². The van der Waals surface area contributed by atoms with Gasteiger partial charge in [0.2, 0.25) is 0 Å². The number of pyridine rings is 1. The highest BCUT2D eigenvalue weighted by Crippen LogP contribution is 2.20. The van der Waals surface area contributed by atoms with Crippen LogP contribution in [0.5, 0.6) is 0 Å². The van der Waals surface area contributed by atoms with Crippen LogP contribution in [0.2, 0.25) is 0 Å². The third-order valence-electron chi connectivity index (χ3n) is 1.23. The lowest BCUT2D eigenvalue weighted by molar-refractivity contribution is 1.41. The molecule has 0 unspecified atom stereocenters. The van der Waals surface area contributed by atoms with Crippen LogP contribution in [0, 0.1) is 0 Å². The van der Waals surface area contributed by atoms with Crippen LogP contribution in [0.4, 0.5) is 0 Å². The van der Waals surface area contributed by atoms with Gasteiger partial charge in [-0.1, -0.05) is 19.5 Å². The number of rotatable bonds is 1. The molecule has 0 aromatic carbocycles. The number of hydrogen-bond donors (Lipinski definition) is 0. The zero-order valence-corrected chi connectivity index (χ0v) is 7.10. The highest BCUT2D eigenvalue weighted by molar-refractivity contribution is 7.63. The summed E-state index contributed by atoms with van der Waals surface area (Å²) >= 11 is 0. The van der Waals surface area contributed by atoms with Crippen molar-refractivity contribution in [2.45, 2.75) is 0 Å². The molecule has 1 nitrogen and oxygen atoms in total. The van der Waals surface area contributed by atoms with E-state index < -0.39 is 0 Å². The van der Waals surface area contributed by atoms with Gasteiger partial charge in [-0.2, -0.15) is 0 Å². The Hall–Kier alpha value is -0.355. The van der Waals surface area contributed by atoms with Crippen molar-refractivity contribution in [1.29, 1.82) is 0 Å². The monoisotopic (exact) mass is 149 g/mol. The summed E-state index contributed by atoms with van der Waals surface area (Å²) in [4.78, 5) is 4.18. The quantitative estimate of drug-likeness (QED) is 0.411. The molecule has 0 aliphatic heterocycles. The third-order valence-corrected chi connectivity index (χ3v) is 2.41. The van der Waals surface area contributed by atoms with E-state index in [0.717, 1.165) is 10.9 Å². The molecule has 0 aliphatic carbocycles. The maximum atomic E-state index is 5.47. The summed E-state index contributed by atoms with van der Waals surface area (Å²) in [6.07, 6.45) is 1.71. The first-order chi connectivity index (χ1) is 4.70. The minimum absolute atomic E-state index is 0.0746. The second-order valence-electron chi connectivity index (χ2n) is 2.34. The Labute approximate surface area is 64.0 Å². The summed E-state index contributed by atoms with van der Waals surface area (Å²) in [5.74, 6) is 0. The standard InChI is InChI=1S/C7H9BNP/c1-10(2)7-4-3-6(8)5-9-7/h3-5H,1-2H3. The van der Waals surface area contributed by atoms with Gasteiger partial charge in [0.25, 0.3) is 0 Å². The topological polar surface area (TPSA) is 12.9 Å². The summed E-state index contributed by atoms with van der Waals surface area (Å²) in [6.45, 7) is 4.35. The number of hydrogen-bond acceptors (Lipinski definition) is 1. The van der Waals surface area contributed by atoms with Crippen molar-refractivity contribution in [2.75, 3.05) is 13.3 Å². The summed E-state index contributed by atoms with van der Waals surface area (Å²) in [5.41, 5.74) is 1.89. The number of nitrogens with zero attached hydrogens (tertiary/aromatic N) is 1. The van der Waals surface area contributed by atoms with E-state index in [2.05, 4.69) is 18.3 Å². The molecule has 3 heteroatoms. The lowest BCUT2D eigenvalue weighted by Crippen LogP contribution is -2.11. The average Bonchev–Trinajstić information content (AvgIpc) is 1.88. The van der Waals surface area contributed by atoms with Crippen molar-refractivity contribution in [3.63, 3.8) is 0 Å². The van der Waals surface area contributed by atoms with Gasteiger partial charge < -0.3 is 0 Å². The van der Waals surface area contributed by atoms with Crippen LogP contribution in [-0.2, 0) is 0 Å². The van der Waals surface area contributed by atoms with Gasteiger partial charge >= 0.3 is 0 Å². The molecule has 0 aliphatic rings. The molecule has 0 bridgehead atoms. The molecule has 1 aromatic heterocycles. The van der Waals surface area contributed by atoms with E-state index in [1.54, 1.807) is 6.20 Å². The molecule has 1 aromatic rings. The van der Waals surface area contributed by atoms with Gasteiger partial charge in [0.05, 0.1) is 5.44 Å². The summed E-state index contributed by atoms with van der Waals surface area (Å²) in [6, 6.07) is 3.88. The van der Waals surface area contributed by atoms with Crippen LogP contribution in [0.15, 0.2) is 18.3 Å². The van der Waals surface area contributed by atoms with E-state index in [1.165, 1.54) is 0 Å². The van der Waals surface area contributed by atoms with Crippen LogP contribution in [0.3, 0.4) is 0 Å². The average molecular weight is 149 g/mol. The molecule has 0 atom stereocenters. The minimum Gasteiger partial charge on any atom is -0.257 e. The fourth-order valence-corrected chi connectivity index (χ4v) is 1.32. The Balaban J connectivity index is 2.89. The van der Waals surface area contributed by atoms with Crippen LogP contribution < -0.4 is 10.9 Å². The first kappa shape index (κ1) is 7.75. The zero-order valence-electron chi connectivity index (χ0n) is 6.20. The van der Waals surface area contributed by atoms with Crippen LogP contribution in [0.1, 0.15) is 0 Å². The van der Waals surface area contributed by atoms with Crippen molar-refractivity contribution in [3.8, 4) is 0 Å². The van der Waals surface area contributed by atoms with Crippen molar-refractivity contribution in [3.05, 3.63) is 18.3 Å². The number of aromatic nitrogens is 1. The third kappa shape index (κ3) is 1.81. The highest BCUT2D eigenvalue weighted by atomic mass is 31.1. The Kier molecular flexibility index (Phi) is 2.45. The molecular formula is C7H9BNP. The molecule has 2 radical (unpaired) electrons. The molecule has 0 saturated heterocycles. The first-order valence-corrected chi connectivity index (χ1v) is 5.32. The van der Waals surface area contributed by atoms with Crippen molar-refractivity contribution in [1.82, 2.24) is 4.98 Å². The Bertz CT molecular complexity index is 207. The fraction of sp³-hybridized carbons (Fsp3) is 0.286. The lowest BCUT2D eigenvalue weighted by Gasteiger charge is -2.03. The van der Waals surface area contributed by atoms with Crippen molar-refractivity contribution < 1.29 is 0 Å². The van der Waals surface area contributed by atoms with Crippen LogP contribution in [-0.4, -0.2) is 26.2 Å². The molecule has 1 rings (SSSR count). The SMILES string of the molecule is [B]c1ccc(P(C)C)nc1. The molecule has 0 N–H and O–H groups in total. The molecule has 0 spiro atoms. The molecule has 10 heavy (non-hydrogen) atoms. The molecule has 0 fully saturated rings. The van der Waals surface area contributed by atoms with E-state index in [4.69, 9.17) is 7.85 Å². The predicted octanol–water partition coefficient (Wildman–Crippen LogP) is 0.242. The van der Waals surface area contributed by atoms with Gasteiger partial charge in [-0.15, -0.1) is 0 Å². The summed E-state index contributed by atoms with van der Waals surface area (Å²) in [5, 5.41) is 0. The minimum atomic E-state index is -0.0746. The van der Waals surface area contributed by atoms with Gasteiger partial charge in [-0.25, -0.2) is 0 Å². The zero-order chi connectivity index (χ0) is 7.56. The van der Waals surface area contributed by atoms with E-state index >= 15 is 0 Å². The van der Waals surface area contributed by atoms with E-state index in [9.17, 15) is 0 Å².